The van der Waals surface area contributed by atoms with Crippen LogP contribution in [0.2, 0.25) is 0 Å². The lowest BCUT2D eigenvalue weighted by Crippen LogP contribution is -2.26. The van der Waals surface area contributed by atoms with Gasteiger partial charge in [-0.1, -0.05) is 18.5 Å². The van der Waals surface area contributed by atoms with Gasteiger partial charge in [0.1, 0.15) is 5.76 Å². The zero-order valence-electron chi connectivity index (χ0n) is 11.2. The highest BCUT2D eigenvalue weighted by molar-refractivity contribution is 8.00. The molecule has 0 radical (unpaired) electrons. The Morgan fingerprint density at radius 1 is 1.37 bits per heavy atom. The second-order valence-corrected chi connectivity index (χ2v) is 5.05. The van der Waals surface area contributed by atoms with Crippen LogP contribution < -0.4 is 10.6 Å². The monoisotopic (exact) mass is 285 g/mol. The Hall–Kier alpha value is -1.50. The summed E-state index contributed by atoms with van der Waals surface area (Å²) < 4.78 is 4.83. The molecule has 0 unspecified atom stereocenters. The average molecular weight is 285 g/mol. The van der Waals surface area contributed by atoms with Crippen LogP contribution in [-0.2, 0) is 9.59 Å². The molecule has 0 saturated carbocycles. The molecule has 0 atom stereocenters. The smallest absolute Gasteiger partial charge is 0.235 e. The molecule has 2 amide bonds. The van der Waals surface area contributed by atoms with E-state index in [1.165, 1.54) is 11.8 Å². The lowest BCUT2D eigenvalue weighted by Gasteiger charge is -2.04. The number of rotatable bonds is 8. The molecule has 6 nitrogen and oxygen atoms in total. The third-order valence-electron chi connectivity index (χ3n) is 2.21. The summed E-state index contributed by atoms with van der Waals surface area (Å²) >= 11 is 1.27. The van der Waals surface area contributed by atoms with E-state index in [-0.39, 0.29) is 23.3 Å². The molecule has 19 heavy (non-hydrogen) atoms. The molecule has 0 bridgehead atoms. The van der Waals surface area contributed by atoms with Gasteiger partial charge in [0.2, 0.25) is 11.8 Å². The summed E-state index contributed by atoms with van der Waals surface area (Å²) in [5, 5.41) is 9.04. The summed E-state index contributed by atoms with van der Waals surface area (Å²) in [5.41, 5.74) is 0. The lowest BCUT2D eigenvalue weighted by molar-refractivity contribution is -0.118. The van der Waals surface area contributed by atoms with Crippen molar-refractivity contribution in [1.82, 2.24) is 10.5 Å². The molecule has 106 valence electrons. The zero-order valence-corrected chi connectivity index (χ0v) is 12.0. The van der Waals surface area contributed by atoms with Crippen LogP contribution in [0.1, 0.15) is 25.5 Å². The third-order valence-corrected chi connectivity index (χ3v) is 3.15. The molecule has 1 heterocycles. The second-order valence-electron chi connectivity index (χ2n) is 4.07. The molecule has 2 N–H and O–H groups in total. The predicted octanol–water partition coefficient (Wildman–Crippen LogP) is 1.57. The Kier molecular flexibility index (Phi) is 7.02. The van der Waals surface area contributed by atoms with Crippen LogP contribution in [0.5, 0.6) is 0 Å². The second kappa shape index (κ2) is 8.58. The van der Waals surface area contributed by atoms with Gasteiger partial charge in [-0.05, 0) is 13.3 Å². The number of aryl methyl sites for hydroxylation is 1. The first-order valence-corrected chi connectivity index (χ1v) is 7.35. The number of anilines is 1. The van der Waals surface area contributed by atoms with E-state index in [1.54, 1.807) is 13.0 Å². The molecule has 0 spiro atoms. The van der Waals surface area contributed by atoms with Gasteiger partial charge in [0, 0.05) is 12.6 Å². The number of amides is 2. The molecule has 7 heteroatoms. The highest BCUT2D eigenvalue weighted by Gasteiger charge is 2.07. The van der Waals surface area contributed by atoms with Gasteiger partial charge in [-0.25, -0.2) is 0 Å². The van der Waals surface area contributed by atoms with E-state index < -0.39 is 0 Å². The fourth-order valence-electron chi connectivity index (χ4n) is 1.30. The highest BCUT2D eigenvalue weighted by atomic mass is 32.2. The van der Waals surface area contributed by atoms with Crippen LogP contribution in [0.25, 0.3) is 0 Å². The first-order chi connectivity index (χ1) is 9.11. The van der Waals surface area contributed by atoms with E-state index in [1.807, 2.05) is 0 Å². The van der Waals surface area contributed by atoms with E-state index in [0.29, 0.717) is 18.1 Å². The fourth-order valence-corrected chi connectivity index (χ4v) is 1.94. The minimum atomic E-state index is -0.195. The van der Waals surface area contributed by atoms with E-state index in [0.717, 1.165) is 12.8 Å². The van der Waals surface area contributed by atoms with Crippen LogP contribution in [0.3, 0.4) is 0 Å². The van der Waals surface area contributed by atoms with Gasteiger partial charge in [-0.15, -0.1) is 11.8 Å². The number of hydrogen-bond donors (Lipinski definition) is 2. The summed E-state index contributed by atoms with van der Waals surface area (Å²) in [6, 6.07) is 1.64. The van der Waals surface area contributed by atoms with Crippen molar-refractivity contribution in [3.05, 3.63) is 11.8 Å². The molecule has 1 aromatic heterocycles. The van der Waals surface area contributed by atoms with Crippen LogP contribution >= 0.6 is 11.8 Å². The van der Waals surface area contributed by atoms with Gasteiger partial charge in [-0.2, -0.15) is 0 Å². The number of hydrogen-bond acceptors (Lipinski definition) is 5. The Bertz CT molecular complexity index is 420. The first kappa shape index (κ1) is 15.6. The van der Waals surface area contributed by atoms with Crippen molar-refractivity contribution in [1.29, 1.82) is 0 Å². The van der Waals surface area contributed by atoms with Gasteiger partial charge in [-0.3, -0.25) is 9.59 Å². The van der Waals surface area contributed by atoms with Crippen molar-refractivity contribution in [2.45, 2.75) is 26.7 Å². The molecule has 0 aromatic carbocycles. The number of nitrogens with zero attached hydrogens (tertiary/aromatic N) is 1. The maximum absolute atomic E-state index is 11.5. The van der Waals surface area contributed by atoms with Gasteiger partial charge in [0.25, 0.3) is 0 Å². The largest absolute Gasteiger partial charge is 0.360 e. The summed E-state index contributed by atoms with van der Waals surface area (Å²) in [5.74, 6) is 1.30. The Morgan fingerprint density at radius 3 is 2.74 bits per heavy atom. The van der Waals surface area contributed by atoms with Crippen LogP contribution in [0.15, 0.2) is 10.6 Å². The van der Waals surface area contributed by atoms with Gasteiger partial charge >= 0.3 is 0 Å². The molecule has 0 aliphatic carbocycles. The Morgan fingerprint density at radius 2 is 2.11 bits per heavy atom. The minimum absolute atomic E-state index is 0.0384. The highest BCUT2D eigenvalue weighted by Crippen LogP contribution is 2.08. The molecule has 0 fully saturated rings. The van der Waals surface area contributed by atoms with Crippen molar-refractivity contribution >= 4 is 29.4 Å². The van der Waals surface area contributed by atoms with Crippen molar-refractivity contribution < 1.29 is 14.1 Å². The number of aromatic nitrogens is 1. The van der Waals surface area contributed by atoms with Gasteiger partial charge in [0.05, 0.1) is 11.5 Å². The summed E-state index contributed by atoms with van der Waals surface area (Å²) in [7, 11) is 0. The quantitative estimate of drug-likeness (QED) is 0.708. The SMILES string of the molecule is CCCCNC(=O)CSCC(=O)Nc1cc(C)on1. The van der Waals surface area contributed by atoms with Crippen LogP contribution in [0, 0.1) is 6.92 Å². The number of unbranched alkanes of at least 4 members (excludes halogenated alkanes) is 1. The maximum atomic E-state index is 11.5. The standard InChI is InChI=1S/C12H19N3O3S/c1-3-4-5-13-11(16)7-19-8-12(17)14-10-6-9(2)18-15-10/h6H,3-5,7-8H2,1-2H3,(H,13,16)(H,14,15,17). The molecular weight excluding hydrogens is 266 g/mol. The average Bonchev–Trinajstić information content (AvgIpc) is 2.75. The lowest BCUT2D eigenvalue weighted by atomic mass is 10.3. The summed E-state index contributed by atoms with van der Waals surface area (Å²) in [6.07, 6.45) is 2.02. The van der Waals surface area contributed by atoms with Gasteiger partial charge in [0.15, 0.2) is 5.82 Å². The van der Waals surface area contributed by atoms with E-state index >= 15 is 0 Å². The fraction of sp³-hybridized carbons (Fsp3) is 0.583. The van der Waals surface area contributed by atoms with Crippen molar-refractivity contribution in [3.63, 3.8) is 0 Å². The molecule has 0 aliphatic rings. The van der Waals surface area contributed by atoms with E-state index in [9.17, 15) is 9.59 Å². The van der Waals surface area contributed by atoms with Crippen LogP contribution in [0.4, 0.5) is 5.82 Å². The maximum Gasteiger partial charge on any atom is 0.235 e. The Labute approximate surface area is 116 Å². The molecular formula is C12H19N3O3S. The van der Waals surface area contributed by atoms with E-state index in [2.05, 4.69) is 22.7 Å². The van der Waals surface area contributed by atoms with Crippen LogP contribution in [-0.4, -0.2) is 35.0 Å². The topological polar surface area (TPSA) is 84.2 Å². The molecule has 0 aliphatic heterocycles. The van der Waals surface area contributed by atoms with E-state index in [4.69, 9.17) is 4.52 Å². The first-order valence-electron chi connectivity index (χ1n) is 6.19. The number of carbonyl (C=O) groups excluding carboxylic acids is 2. The van der Waals surface area contributed by atoms with Crippen molar-refractivity contribution in [2.24, 2.45) is 0 Å². The number of nitrogens with one attached hydrogen (secondary N) is 2. The normalized spacial score (nSPS) is 10.2. The molecule has 1 rings (SSSR count). The molecule has 1 aromatic rings. The van der Waals surface area contributed by atoms with Crippen molar-refractivity contribution in [3.8, 4) is 0 Å². The van der Waals surface area contributed by atoms with Gasteiger partial charge < -0.3 is 15.2 Å². The summed E-state index contributed by atoms with van der Waals surface area (Å²) in [6.45, 7) is 4.51. The molecule has 0 saturated heterocycles. The zero-order chi connectivity index (χ0) is 14.1. The third kappa shape index (κ3) is 6.85. The predicted molar refractivity (Wildman–Crippen MR) is 75.1 cm³/mol. The summed E-state index contributed by atoms with van der Waals surface area (Å²) in [4.78, 5) is 22.9. The Balaban J connectivity index is 2.11. The minimum Gasteiger partial charge on any atom is -0.360 e. The number of thioether (sulfide) groups is 1. The van der Waals surface area contributed by atoms with Crippen molar-refractivity contribution in [2.75, 3.05) is 23.4 Å². The number of carbonyl (C=O) groups is 2.